The highest BCUT2D eigenvalue weighted by atomic mass is 16.6. The van der Waals surface area contributed by atoms with Gasteiger partial charge in [0, 0.05) is 32.3 Å². The average Bonchev–Trinajstić information content (AvgIpc) is 3.52. The van der Waals surface area contributed by atoms with E-state index in [0.29, 0.717) is 25.7 Å². The molecule has 2 aliphatic heterocycles. The first kappa shape index (κ1) is 26.3. The molecule has 196 valence electrons. The summed E-state index contributed by atoms with van der Waals surface area (Å²) in [5, 5.41) is 0. The number of ether oxygens (including phenoxy) is 3. The standard InChI is InChI=1S/C29H41N3O4/c1-29(2,3)36-28(33)32-14-7-12-25(32)22-35-27-17-26(18-30-19-27)31-15-13-23(20-31)11-8-16-34-21-24-9-5-4-6-10-24/h4-6,9-10,17-19,23,25H,7-8,11-16,20-22H2,1-3H3. The van der Waals surface area contributed by atoms with E-state index >= 15 is 0 Å². The lowest BCUT2D eigenvalue weighted by Gasteiger charge is -2.28. The molecule has 0 N–H and O–H groups in total. The van der Waals surface area contributed by atoms with Crippen LogP contribution in [0.1, 0.15) is 58.4 Å². The molecule has 7 heteroatoms. The van der Waals surface area contributed by atoms with Crippen LogP contribution in [-0.4, -0.2) is 60.5 Å². The number of aromatic nitrogens is 1. The molecule has 2 aliphatic rings. The Kier molecular flexibility index (Phi) is 9.08. The summed E-state index contributed by atoms with van der Waals surface area (Å²) in [6, 6.07) is 12.4. The Hall–Kier alpha value is -2.80. The Labute approximate surface area is 215 Å². The molecule has 3 heterocycles. The molecule has 2 atom stereocenters. The van der Waals surface area contributed by atoms with E-state index in [2.05, 4.69) is 28.1 Å². The van der Waals surface area contributed by atoms with Crippen LogP contribution in [0, 0.1) is 5.92 Å². The summed E-state index contributed by atoms with van der Waals surface area (Å²) in [7, 11) is 0. The third-order valence-electron chi connectivity index (χ3n) is 6.81. The van der Waals surface area contributed by atoms with Gasteiger partial charge in [0.25, 0.3) is 0 Å². The molecule has 2 saturated heterocycles. The predicted molar refractivity (Wildman–Crippen MR) is 141 cm³/mol. The summed E-state index contributed by atoms with van der Waals surface area (Å²) in [5.41, 5.74) is 1.84. The van der Waals surface area contributed by atoms with Crippen LogP contribution in [0.25, 0.3) is 0 Å². The van der Waals surface area contributed by atoms with Gasteiger partial charge in [0.2, 0.25) is 0 Å². The van der Waals surface area contributed by atoms with Crippen LogP contribution in [0.2, 0.25) is 0 Å². The van der Waals surface area contributed by atoms with Gasteiger partial charge >= 0.3 is 6.09 Å². The van der Waals surface area contributed by atoms with Gasteiger partial charge < -0.3 is 24.0 Å². The fourth-order valence-corrected chi connectivity index (χ4v) is 4.96. The second-order valence-electron chi connectivity index (χ2n) is 10.9. The van der Waals surface area contributed by atoms with E-state index in [0.717, 1.165) is 50.4 Å². The van der Waals surface area contributed by atoms with Crippen molar-refractivity contribution in [1.29, 1.82) is 0 Å². The number of nitrogens with zero attached hydrogens (tertiary/aromatic N) is 3. The molecule has 0 aliphatic carbocycles. The zero-order valence-corrected chi connectivity index (χ0v) is 22.0. The topological polar surface area (TPSA) is 64.1 Å². The van der Waals surface area contributed by atoms with Gasteiger partial charge in [-0.25, -0.2) is 4.79 Å². The lowest BCUT2D eigenvalue weighted by molar-refractivity contribution is 0.0187. The van der Waals surface area contributed by atoms with Crippen molar-refractivity contribution < 1.29 is 19.0 Å². The minimum absolute atomic E-state index is 0.0313. The van der Waals surface area contributed by atoms with Gasteiger partial charge in [-0.15, -0.1) is 0 Å². The van der Waals surface area contributed by atoms with E-state index in [9.17, 15) is 4.79 Å². The predicted octanol–water partition coefficient (Wildman–Crippen LogP) is 5.68. The number of benzene rings is 1. The summed E-state index contributed by atoms with van der Waals surface area (Å²) in [5.74, 6) is 1.43. The minimum Gasteiger partial charge on any atom is -0.490 e. The van der Waals surface area contributed by atoms with E-state index in [1.54, 1.807) is 11.1 Å². The normalized spacial score (nSPS) is 20.1. The number of rotatable bonds is 10. The van der Waals surface area contributed by atoms with E-state index in [-0.39, 0.29) is 12.1 Å². The van der Waals surface area contributed by atoms with Gasteiger partial charge in [0.05, 0.1) is 30.7 Å². The van der Waals surface area contributed by atoms with Crippen molar-refractivity contribution in [2.45, 2.75) is 71.1 Å². The fourth-order valence-electron chi connectivity index (χ4n) is 4.96. The van der Waals surface area contributed by atoms with Gasteiger partial charge in [-0.1, -0.05) is 30.3 Å². The van der Waals surface area contributed by atoms with Gasteiger partial charge in [-0.2, -0.15) is 0 Å². The fraction of sp³-hybridized carbons (Fsp3) is 0.586. The molecular formula is C29H41N3O4. The van der Waals surface area contributed by atoms with Gasteiger partial charge in [0.15, 0.2) is 0 Å². The van der Waals surface area contributed by atoms with Gasteiger partial charge in [-0.3, -0.25) is 4.98 Å². The molecule has 1 amide bonds. The summed E-state index contributed by atoms with van der Waals surface area (Å²) in [4.78, 5) is 21.2. The molecule has 0 saturated carbocycles. The van der Waals surface area contributed by atoms with Gasteiger partial charge in [0.1, 0.15) is 18.0 Å². The third-order valence-corrected chi connectivity index (χ3v) is 6.81. The van der Waals surface area contributed by atoms with E-state index in [1.165, 1.54) is 18.4 Å². The number of carbonyl (C=O) groups is 1. The SMILES string of the molecule is CC(C)(C)OC(=O)N1CCCC1COc1cncc(N2CCC(CCCOCc3ccccc3)C2)c1. The molecule has 7 nitrogen and oxygen atoms in total. The van der Waals surface area contributed by atoms with Crippen LogP contribution in [0.4, 0.5) is 10.5 Å². The van der Waals surface area contributed by atoms with Crippen molar-refractivity contribution in [2.75, 3.05) is 37.7 Å². The van der Waals surface area contributed by atoms with Crippen LogP contribution in [0.15, 0.2) is 48.8 Å². The number of carbonyl (C=O) groups excluding carboxylic acids is 1. The molecule has 4 rings (SSSR count). The molecule has 1 aromatic carbocycles. The lowest BCUT2D eigenvalue weighted by Crippen LogP contribution is -2.42. The van der Waals surface area contributed by atoms with Crippen LogP contribution in [0.3, 0.4) is 0 Å². The first-order valence-corrected chi connectivity index (χ1v) is 13.3. The number of hydrogen-bond donors (Lipinski definition) is 0. The minimum atomic E-state index is -0.494. The summed E-state index contributed by atoms with van der Waals surface area (Å²) in [6.45, 7) is 10.4. The molecule has 0 radical (unpaired) electrons. The maximum absolute atomic E-state index is 12.5. The molecule has 36 heavy (non-hydrogen) atoms. The van der Waals surface area contributed by atoms with Crippen LogP contribution in [-0.2, 0) is 16.1 Å². The number of hydrogen-bond acceptors (Lipinski definition) is 6. The Bertz CT molecular complexity index is 962. The summed E-state index contributed by atoms with van der Waals surface area (Å²) in [6.07, 6.45) is 8.77. The van der Waals surface area contributed by atoms with Crippen LogP contribution in [0.5, 0.6) is 5.75 Å². The molecular weight excluding hydrogens is 454 g/mol. The molecule has 0 bridgehead atoms. The monoisotopic (exact) mass is 495 g/mol. The van der Waals surface area contributed by atoms with E-state index in [4.69, 9.17) is 14.2 Å². The molecule has 1 aromatic heterocycles. The Morgan fingerprint density at radius 3 is 2.75 bits per heavy atom. The maximum Gasteiger partial charge on any atom is 0.410 e. The second-order valence-corrected chi connectivity index (χ2v) is 10.9. The van der Waals surface area contributed by atoms with Crippen molar-refractivity contribution in [1.82, 2.24) is 9.88 Å². The van der Waals surface area contributed by atoms with Crippen LogP contribution < -0.4 is 9.64 Å². The number of anilines is 1. The van der Waals surface area contributed by atoms with Crippen molar-refractivity contribution >= 4 is 11.8 Å². The van der Waals surface area contributed by atoms with Crippen molar-refractivity contribution in [3.05, 3.63) is 54.4 Å². The Morgan fingerprint density at radius 1 is 1.11 bits per heavy atom. The van der Waals surface area contributed by atoms with Crippen LogP contribution >= 0.6 is 0 Å². The molecule has 2 aromatic rings. The number of likely N-dealkylation sites (tertiary alicyclic amines) is 1. The maximum atomic E-state index is 12.5. The van der Waals surface area contributed by atoms with Crippen molar-refractivity contribution in [2.24, 2.45) is 5.92 Å². The summed E-state index contributed by atoms with van der Waals surface area (Å²) >= 11 is 0. The van der Waals surface area contributed by atoms with E-state index < -0.39 is 5.60 Å². The van der Waals surface area contributed by atoms with Crippen molar-refractivity contribution in [3.8, 4) is 5.75 Å². The highest BCUT2D eigenvalue weighted by Crippen LogP contribution is 2.29. The lowest BCUT2D eigenvalue weighted by atomic mass is 10.0. The third kappa shape index (κ3) is 7.85. The Morgan fingerprint density at radius 2 is 1.94 bits per heavy atom. The highest BCUT2D eigenvalue weighted by Gasteiger charge is 2.32. The summed E-state index contributed by atoms with van der Waals surface area (Å²) < 4.78 is 17.5. The molecule has 0 spiro atoms. The zero-order chi connectivity index (χ0) is 25.4. The van der Waals surface area contributed by atoms with Gasteiger partial charge in [-0.05, 0) is 64.4 Å². The number of amides is 1. The van der Waals surface area contributed by atoms with E-state index in [1.807, 2.05) is 45.2 Å². The zero-order valence-electron chi connectivity index (χ0n) is 22.0. The molecule has 2 unspecified atom stereocenters. The smallest absolute Gasteiger partial charge is 0.410 e. The quantitative estimate of drug-likeness (QED) is 0.395. The highest BCUT2D eigenvalue weighted by molar-refractivity contribution is 5.69. The first-order chi connectivity index (χ1) is 17.4. The largest absolute Gasteiger partial charge is 0.490 e. The second kappa shape index (κ2) is 12.4. The first-order valence-electron chi connectivity index (χ1n) is 13.3. The average molecular weight is 496 g/mol. The molecule has 2 fully saturated rings. The number of pyridine rings is 1. The van der Waals surface area contributed by atoms with Crippen molar-refractivity contribution in [3.63, 3.8) is 0 Å². The Balaban J connectivity index is 1.19.